The molecule has 0 amide bonds. The Kier molecular flexibility index (Phi) is 4.23. The molecular weight excluding hydrogens is 317 g/mol. The fourth-order valence-corrected chi connectivity index (χ4v) is 4.21. The van der Waals surface area contributed by atoms with Crippen LogP contribution in [0.25, 0.3) is 0 Å². The van der Waals surface area contributed by atoms with E-state index in [-0.39, 0.29) is 18.0 Å². The summed E-state index contributed by atoms with van der Waals surface area (Å²) in [5.74, 6) is -0.950. The topological polar surface area (TPSA) is 71.5 Å². The first-order chi connectivity index (χ1) is 9.62. The number of halogens is 1. The van der Waals surface area contributed by atoms with E-state index in [0.717, 1.165) is 34.3 Å². The van der Waals surface area contributed by atoms with Gasteiger partial charge in [0.1, 0.15) is 10.7 Å². The number of rotatable bonds is 3. The van der Waals surface area contributed by atoms with Gasteiger partial charge in [0.05, 0.1) is 4.90 Å². The third kappa shape index (κ3) is 3.33. The van der Waals surface area contributed by atoms with Crippen molar-refractivity contribution in [1.29, 1.82) is 0 Å². The number of hydrogen-bond donors (Lipinski definition) is 0. The van der Waals surface area contributed by atoms with Crippen molar-refractivity contribution in [3.05, 3.63) is 35.7 Å². The van der Waals surface area contributed by atoms with Gasteiger partial charge in [0, 0.05) is 19.3 Å². The molecule has 0 saturated heterocycles. The highest BCUT2D eigenvalue weighted by molar-refractivity contribution is 7.91. The first kappa shape index (κ1) is 16.1. The van der Waals surface area contributed by atoms with Gasteiger partial charge < -0.3 is 0 Å². The molecule has 0 bridgehead atoms. The lowest BCUT2D eigenvalue weighted by Gasteiger charge is -2.25. The SMILES string of the molecule is CC1=CCN(S(=O)(=O)c2cc(S(C)(=O)=O)ccc2F)CC1. The van der Waals surface area contributed by atoms with Crippen LogP contribution in [0.1, 0.15) is 13.3 Å². The Hall–Kier alpha value is -1.25. The third-order valence-corrected chi connectivity index (χ3v) is 6.34. The van der Waals surface area contributed by atoms with Gasteiger partial charge in [-0.25, -0.2) is 21.2 Å². The van der Waals surface area contributed by atoms with Crippen molar-refractivity contribution in [2.45, 2.75) is 23.1 Å². The molecule has 0 saturated carbocycles. The smallest absolute Gasteiger partial charge is 0.224 e. The van der Waals surface area contributed by atoms with Crippen molar-refractivity contribution >= 4 is 19.9 Å². The van der Waals surface area contributed by atoms with E-state index in [1.807, 2.05) is 6.92 Å². The monoisotopic (exact) mass is 333 g/mol. The molecule has 0 unspecified atom stereocenters. The molecule has 21 heavy (non-hydrogen) atoms. The van der Waals surface area contributed by atoms with Gasteiger partial charge in [-0.2, -0.15) is 4.31 Å². The second kappa shape index (κ2) is 5.51. The second-order valence-electron chi connectivity index (χ2n) is 5.03. The summed E-state index contributed by atoms with van der Waals surface area (Å²) in [6, 6.07) is 2.81. The molecule has 1 heterocycles. The van der Waals surface area contributed by atoms with E-state index >= 15 is 0 Å². The van der Waals surface area contributed by atoms with Gasteiger partial charge in [0.15, 0.2) is 9.84 Å². The summed E-state index contributed by atoms with van der Waals surface area (Å²) in [4.78, 5) is -0.815. The zero-order valence-corrected chi connectivity index (χ0v) is 13.3. The lowest BCUT2D eigenvalue weighted by Crippen LogP contribution is -2.35. The Morgan fingerprint density at radius 3 is 2.38 bits per heavy atom. The Morgan fingerprint density at radius 1 is 1.19 bits per heavy atom. The van der Waals surface area contributed by atoms with E-state index in [9.17, 15) is 21.2 Å². The molecular formula is C13H16FNO4S2. The molecule has 1 aromatic carbocycles. The van der Waals surface area contributed by atoms with Crippen molar-refractivity contribution < 1.29 is 21.2 Å². The van der Waals surface area contributed by atoms with E-state index < -0.39 is 30.6 Å². The summed E-state index contributed by atoms with van der Waals surface area (Å²) < 4.78 is 62.9. The van der Waals surface area contributed by atoms with Crippen molar-refractivity contribution in [3.63, 3.8) is 0 Å². The maximum Gasteiger partial charge on any atom is 0.246 e. The van der Waals surface area contributed by atoms with Gasteiger partial charge in [-0.05, 0) is 31.5 Å². The fraction of sp³-hybridized carbons (Fsp3) is 0.385. The maximum atomic E-state index is 13.9. The molecule has 1 aromatic rings. The Morgan fingerprint density at radius 2 is 1.86 bits per heavy atom. The van der Waals surface area contributed by atoms with Crippen LogP contribution in [-0.2, 0) is 19.9 Å². The molecule has 0 N–H and O–H groups in total. The second-order valence-corrected chi connectivity index (χ2v) is 8.95. The zero-order valence-electron chi connectivity index (χ0n) is 11.7. The van der Waals surface area contributed by atoms with Gasteiger partial charge >= 0.3 is 0 Å². The highest BCUT2D eigenvalue weighted by atomic mass is 32.2. The molecule has 8 heteroatoms. The first-order valence-electron chi connectivity index (χ1n) is 6.28. The molecule has 1 aliphatic heterocycles. The Labute approximate surface area is 124 Å². The zero-order chi connectivity index (χ0) is 15.8. The fourth-order valence-electron chi connectivity index (χ4n) is 2.02. The maximum absolute atomic E-state index is 13.9. The standard InChI is InChI=1S/C13H16FNO4S2/c1-10-5-7-15(8-6-10)21(18,19)13-9-11(20(2,16)17)3-4-12(13)14/h3-5,9H,6-8H2,1-2H3. The minimum Gasteiger partial charge on any atom is -0.224 e. The van der Waals surface area contributed by atoms with Crippen LogP contribution in [0.15, 0.2) is 39.6 Å². The van der Waals surface area contributed by atoms with E-state index in [1.165, 1.54) is 0 Å². The summed E-state index contributed by atoms with van der Waals surface area (Å²) in [6.45, 7) is 2.32. The van der Waals surface area contributed by atoms with Crippen molar-refractivity contribution in [3.8, 4) is 0 Å². The molecule has 0 radical (unpaired) electrons. The molecule has 5 nitrogen and oxygen atoms in total. The van der Waals surface area contributed by atoms with Gasteiger partial charge in [0.2, 0.25) is 10.0 Å². The van der Waals surface area contributed by atoms with Crippen molar-refractivity contribution in [1.82, 2.24) is 4.31 Å². The van der Waals surface area contributed by atoms with E-state index in [0.29, 0.717) is 6.42 Å². The average molecular weight is 333 g/mol. The van der Waals surface area contributed by atoms with Crippen molar-refractivity contribution in [2.75, 3.05) is 19.3 Å². The summed E-state index contributed by atoms with van der Waals surface area (Å²) in [6.07, 6.45) is 3.29. The lowest BCUT2D eigenvalue weighted by atomic mass is 10.1. The lowest BCUT2D eigenvalue weighted by molar-refractivity contribution is 0.426. The molecule has 0 aromatic heterocycles. The van der Waals surface area contributed by atoms with E-state index in [4.69, 9.17) is 0 Å². The van der Waals surface area contributed by atoms with E-state index in [1.54, 1.807) is 6.08 Å². The van der Waals surface area contributed by atoms with Gasteiger partial charge in [-0.3, -0.25) is 0 Å². The Bertz CT molecular complexity index is 797. The number of nitrogens with zero attached hydrogens (tertiary/aromatic N) is 1. The van der Waals surface area contributed by atoms with Gasteiger partial charge in [0.25, 0.3) is 0 Å². The van der Waals surface area contributed by atoms with Crippen LogP contribution < -0.4 is 0 Å². The van der Waals surface area contributed by atoms with E-state index in [2.05, 4.69) is 0 Å². The molecule has 0 aliphatic carbocycles. The van der Waals surface area contributed by atoms with Crippen LogP contribution >= 0.6 is 0 Å². The number of benzene rings is 1. The molecule has 0 spiro atoms. The van der Waals surface area contributed by atoms with Crippen LogP contribution in [0.3, 0.4) is 0 Å². The summed E-state index contributed by atoms with van der Waals surface area (Å²) in [5, 5.41) is 0. The van der Waals surface area contributed by atoms with Crippen molar-refractivity contribution in [2.24, 2.45) is 0 Å². The summed E-state index contributed by atoms with van der Waals surface area (Å²) in [5.41, 5.74) is 1.08. The molecule has 116 valence electrons. The normalized spacial score (nSPS) is 17.6. The largest absolute Gasteiger partial charge is 0.246 e. The minimum absolute atomic E-state index is 0.163. The van der Waals surface area contributed by atoms with Crippen LogP contribution in [0.4, 0.5) is 4.39 Å². The average Bonchev–Trinajstić information content (AvgIpc) is 2.38. The number of sulfone groups is 1. The van der Waals surface area contributed by atoms with Crippen LogP contribution in [0.2, 0.25) is 0 Å². The predicted molar refractivity (Wildman–Crippen MR) is 76.6 cm³/mol. The molecule has 2 rings (SSSR count). The van der Waals surface area contributed by atoms with Gasteiger partial charge in [-0.15, -0.1) is 0 Å². The molecule has 0 fully saturated rings. The van der Waals surface area contributed by atoms with Crippen LogP contribution in [-0.4, -0.2) is 40.5 Å². The highest BCUT2D eigenvalue weighted by Crippen LogP contribution is 2.25. The third-order valence-electron chi connectivity index (χ3n) is 3.35. The van der Waals surface area contributed by atoms with Crippen LogP contribution in [0.5, 0.6) is 0 Å². The summed E-state index contributed by atoms with van der Waals surface area (Å²) in [7, 11) is -7.65. The molecule has 1 aliphatic rings. The quantitative estimate of drug-likeness (QED) is 0.622. The molecule has 0 atom stereocenters. The highest BCUT2D eigenvalue weighted by Gasteiger charge is 2.29. The number of sulfonamides is 1. The minimum atomic E-state index is -4.05. The number of hydrogen-bond acceptors (Lipinski definition) is 4. The Balaban J connectivity index is 2.50. The first-order valence-corrected chi connectivity index (χ1v) is 9.61. The summed E-state index contributed by atoms with van der Waals surface area (Å²) >= 11 is 0. The van der Waals surface area contributed by atoms with Crippen LogP contribution in [0, 0.1) is 5.82 Å². The van der Waals surface area contributed by atoms with Gasteiger partial charge in [-0.1, -0.05) is 11.6 Å². The predicted octanol–water partition coefficient (Wildman–Crippen LogP) is 1.57.